The second kappa shape index (κ2) is 10.4. The van der Waals surface area contributed by atoms with Crippen LogP contribution in [-0.4, -0.2) is 78.9 Å². The van der Waals surface area contributed by atoms with Crippen LogP contribution in [0.2, 0.25) is 0 Å². The number of hydrogen-bond donors (Lipinski definition) is 0. The van der Waals surface area contributed by atoms with E-state index in [1.54, 1.807) is 18.2 Å². The molecule has 0 spiro atoms. The van der Waals surface area contributed by atoms with E-state index in [0.29, 0.717) is 34.2 Å². The molecule has 0 radical (unpaired) electrons. The third kappa shape index (κ3) is 6.32. The number of likely N-dealkylation sites (N-methyl/N-ethyl adjacent to an activating group) is 1. The molecule has 0 aliphatic carbocycles. The van der Waals surface area contributed by atoms with Crippen LogP contribution >= 0.6 is 11.3 Å². The van der Waals surface area contributed by atoms with Gasteiger partial charge in [-0.2, -0.15) is 0 Å². The minimum absolute atomic E-state index is 0.120. The van der Waals surface area contributed by atoms with E-state index < -0.39 is 19.7 Å². The lowest BCUT2D eigenvalue weighted by atomic mass is 10.3. The number of hydrogen-bond acceptors (Lipinski definition) is 9. The van der Waals surface area contributed by atoms with Crippen LogP contribution < -0.4 is 9.64 Å². The first-order valence-electron chi connectivity index (χ1n) is 10.3. The third-order valence-corrected chi connectivity index (χ3v) is 8.97. The first kappa shape index (κ1) is 26.1. The molecule has 1 heterocycles. The lowest BCUT2D eigenvalue weighted by Gasteiger charge is -2.22. The number of rotatable bonds is 10. The number of carbonyl (C=O) groups excluding carboxylic acids is 1. The van der Waals surface area contributed by atoms with E-state index in [2.05, 4.69) is 4.98 Å². The van der Waals surface area contributed by atoms with Crippen LogP contribution in [0.15, 0.2) is 52.3 Å². The Balaban J connectivity index is 1.84. The molecule has 2 aromatic carbocycles. The van der Waals surface area contributed by atoms with E-state index >= 15 is 0 Å². The van der Waals surface area contributed by atoms with E-state index in [1.165, 1.54) is 47.6 Å². The molecule has 0 bridgehead atoms. The largest absolute Gasteiger partial charge is 0.497 e. The van der Waals surface area contributed by atoms with E-state index in [-0.39, 0.29) is 27.9 Å². The Hall–Kier alpha value is -2.54. The summed E-state index contributed by atoms with van der Waals surface area (Å²) in [5, 5.41) is 0.398. The number of anilines is 1. The fourth-order valence-electron chi connectivity index (χ4n) is 3.12. The zero-order chi connectivity index (χ0) is 25.1. The lowest BCUT2D eigenvalue weighted by Crippen LogP contribution is -2.37. The average molecular weight is 526 g/mol. The summed E-state index contributed by atoms with van der Waals surface area (Å²) in [6.45, 7) is 0.856. The first-order valence-corrected chi connectivity index (χ1v) is 14.7. The number of nitrogens with zero attached hydrogens (tertiary/aromatic N) is 3. The maximum Gasteiger partial charge on any atom is 0.229 e. The van der Waals surface area contributed by atoms with E-state index in [1.807, 2.05) is 19.0 Å². The Kier molecular flexibility index (Phi) is 7.96. The lowest BCUT2D eigenvalue weighted by molar-refractivity contribution is -0.118. The molecule has 0 aliphatic heterocycles. The van der Waals surface area contributed by atoms with Gasteiger partial charge in [-0.15, -0.1) is 0 Å². The molecule has 0 fully saturated rings. The summed E-state index contributed by atoms with van der Waals surface area (Å²) in [7, 11) is -1.82. The van der Waals surface area contributed by atoms with Crippen molar-refractivity contribution in [1.29, 1.82) is 0 Å². The molecule has 3 aromatic rings. The van der Waals surface area contributed by atoms with Crippen LogP contribution in [0.3, 0.4) is 0 Å². The van der Waals surface area contributed by atoms with Crippen molar-refractivity contribution in [1.82, 2.24) is 9.88 Å². The fourth-order valence-corrected chi connectivity index (χ4v) is 6.12. The van der Waals surface area contributed by atoms with Gasteiger partial charge in [-0.25, -0.2) is 21.8 Å². The van der Waals surface area contributed by atoms with Crippen LogP contribution in [0.4, 0.5) is 5.13 Å². The van der Waals surface area contributed by atoms with Gasteiger partial charge in [0.25, 0.3) is 0 Å². The van der Waals surface area contributed by atoms with Gasteiger partial charge >= 0.3 is 0 Å². The molecule has 0 N–H and O–H groups in total. The highest BCUT2D eigenvalue weighted by Gasteiger charge is 2.24. The zero-order valence-electron chi connectivity index (χ0n) is 19.4. The van der Waals surface area contributed by atoms with Crippen LogP contribution in [0.1, 0.15) is 6.42 Å². The quantitative estimate of drug-likeness (QED) is 0.397. The van der Waals surface area contributed by atoms with E-state index in [4.69, 9.17) is 4.74 Å². The van der Waals surface area contributed by atoms with Crippen LogP contribution in [0.25, 0.3) is 10.2 Å². The van der Waals surface area contributed by atoms with Crippen molar-refractivity contribution < 1.29 is 26.4 Å². The molecule has 0 aliphatic rings. The Morgan fingerprint density at radius 2 is 1.65 bits per heavy atom. The molecule has 12 heteroatoms. The monoisotopic (exact) mass is 525 g/mol. The minimum atomic E-state index is -3.67. The van der Waals surface area contributed by atoms with Crippen molar-refractivity contribution in [2.24, 2.45) is 0 Å². The highest BCUT2D eigenvalue weighted by molar-refractivity contribution is 7.91. The van der Waals surface area contributed by atoms with Crippen LogP contribution in [0.5, 0.6) is 5.75 Å². The Morgan fingerprint density at radius 3 is 2.24 bits per heavy atom. The summed E-state index contributed by atoms with van der Waals surface area (Å²) in [5.41, 5.74) is 0.570. The number of sulfone groups is 2. The molecular formula is C22H27N3O6S3. The van der Waals surface area contributed by atoms with Gasteiger partial charge in [0.1, 0.15) is 5.75 Å². The second-order valence-electron chi connectivity index (χ2n) is 7.99. The van der Waals surface area contributed by atoms with Gasteiger partial charge in [0.2, 0.25) is 5.91 Å². The smallest absolute Gasteiger partial charge is 0.229 e. The SMILES string of the molecule is COc1ccc(S(=O)(=O)CCC(=O)N(CCN(C)C)c2nc3ccc(S(C)(=O)=O)cc3s2)cc1. The second-order valence-corrected chi connectivity index (χ2v) is 13.1. The molecule has 0 saturated heterocycles. The number of benzene rings is 2. The van der Waals surface area contributed by atoms with Gasteiger partial charge in [-0.1, -0.05) is 11.3 Å². The van der Waals surface area contributed by atoms with E-state index in [9.17, 15) is 21.6 Å². The van der Waals surface area contributed by atoms with Crippen molar-refractivity contribution in [2.75, 3.05) is 51.2 Å². The van der Waals surface area contributed by atoms with Gasteiger partial charge in [-0.3, -0.25) is 9.69 Å². The summed E-state index contributed by atoms with van der Waals surface area (Å²) in [6, 6.07) is 10.6. The Labute approximate surface area is 203 Å². The van der Waals surface area contributed by atoms with Gasteiger partial charge in [0, 0.05) is 25.8 Å². The Morgan fingerprint density at radius 1 is 1.00 bits per heavy atom. The van der Waals surface area contributed by atoms with Crippen molar-refractivity contribution >= 4 is 52.3 Å². The van der Waals surface area contributed by atoms with Crippen LogP contribution in [-0.2, 0) is 24.5 Å². The minimum Gasteiger partial charge on any atom is -0.497 e. The molecule has 0 atom stereocenters. The zero-order valence-corrected chi connectivity index (χ0v) is 21.8. The normalized spacial score (nSPS) is 12.3. The van der Waals surface area contributed by atoms with Crippen molar-refractivity contribution in [3.63, 3.8) is 0 Å². The summed E-state index contributed by atoms with van der Waals surface area (Å²) < 4.78 is 54.9. The Bertz CT molecular complexity index is 1380. The van der Waals surface area contributed by atoms with Crippen molar-refractivity contribution in [3.8, 4) is 5.75 Å². The van der Waals surface area contributed by atoms with Gasteiger partial charge in [0.05, 0.1) is 32.9 Å². The molecule has 9 nitrogen and oxygen atoms in total. The number of methoxy groups -OCH3 is 1. The molecule has 1 aromatic heterocycles. The molecule has 34 heavy (non-hydrogen) atoms. The molecular weight excluding hydrogens is 498 g/mol. The highest BCUT2D eigenvalue weighted by Crippen LogP contribution is 2.31. The first-order chi connectivity index (χ1) is 15.9. The number of carbonyl (C=O) groups is 1. The summed E-state index contributed by atoms with van der Waals surface area (Å²) in [6.07, 6.45) is 0.915. The number of aromatic nitrogens is 1. The summed E-state index contributed by atoms with van der Waals surface area (Å²) in [4.78, 5) is 21.3. The molecule has 0 saturated carbocycles. The van der Waals surface area contributed by atoms with Crippen molar-refractivity contribution in [2.45, 2.75) is 16.2 Å². The maximum atomic E-state index is 13.1. The summed E-state index contributed by atoms with van der Waals surface area (Å²) in [5.74, 6) is -0.180. The van der Waals surface area contributed by atoms with Gasteiger partial charge in [0.15, 0.2) is 24.8 Å². The van der Waals surface area contributed by atoms with Crippen LogP contribution in [0, 0.1) is 0 Å². The molecule has 1 amide bonds. The predicted octanol–water partition coefficient (Wildman–Crippen LogP) is 2.47. The molecule has 0 unspecified atom stereocenters. The fraction of sp³-hybridized carbons (Fsp3) is 0.364. The average Bonchev–Trinajstić information content (AvgIpc) is 3.20. The molecule has 184 valence electrons. The number of amides is 1. The predicted molar refractivity (Wildman–Crippen MR) is 133 cm³/mol. The van der Waals surface area contributed by atoms with Gasteiger partial charge < -0.3 is 9.64 Å². The third-order valence-electron chi connectivity index (χ3n) is 5.08. The van der Waals surface area contributed by atoms with Crippen molar-refractivity contribution in [3.05, 3.63) is 42.5 Å². The number of fused-ring (bicyclic) bond motifs is 1. The number of thiazole rings is 1. The van der Waals surface area contributed by atoms with Gasteiger partial charge in [-0.05, 0) is 56.6 Å². The number of ether oxygens (including phenoxy) is 1. The maximum absolute atomic E-state index is 13.1. The molecule has 3 rings (SSSR count). The standard InChI is InChI=1S/C22H27N3O6S3/c1-24(2)12-13-25(22-23-19-10-9-18(33(4,27)28)15-20(19)32-22)21(26)11-14-34(29,30)17-7-5-16(31-3)6-8-17/h5-10,15H,11-14H2,1-4H3. The highest BCUT2D eigenvalue weighted by atomic mass is 32.2. The topological polar surface area (TPSA) is 114 Å². The summed E-state index contributed by atoms with van der Waals surface area (Å²) >= 11 is 1.20. The van der Waals surface area contributed by atoms with E-state index in [0.717, 1.165) is 6.26 Å².